The lowest BCUT2D eigenvalue weighted by Crippen LogP contribution is -2.52. The van der Waals surface area contributed by atoms with Gasteiger partial charge in [0.2, 0.25) is 0 Å². The number of rotatable bonds is 1. The van der Waals surface area contributed by atoms with E-state index in [9.17, 15) is 27.5 Å². The van der Waals surface area contributed by atoms with Crippen molar-refractivity contribution < 1.29 is 27.5 Å². The van der Waals surface area contributed by atoms with Gasteiger partial charge in [0.05, 0.1) is 5.56 Å². The SMILES string of the molecule is Cl.NC1(c2ccc(C(F)(F)F)c(F)c2)CCCC(O)C1=O. The third kappa shape index (κ3) is 3.20. The minimum absolute atomic E-state index is 0. The van der Waals surface area contributed by atoms with Gasteiger partial charge in [-0.25, -0.2) is 4.39 Å². The molecule has 0 spiro atoms. The van der Waals surface area contributed by atoms with Crippen molar-refractivity contribution in [2.45, 2.75) is 37.1 Å². The monoisotopic (exact) mass is 327 g/mol. The predicted molar refractivity (Wildman–Crippen MR) is 69.4 cm³/mol. The molecule has 0 heterocycles. The average molecular weight is 328 g/mol. The summed E-state index contributed by atoms with van der Waals surface area (Å²) >= 11 is 0. The molecule has 8 heteroatoms. The molecule has 118 valence electrons. The van der Waals surface area contributed by atoms with Gasteiger partial charge in [0.25, 0.3) is 0 Å². The van der Waals surface area contributed by atoms with Crippen LogP contribution in [0.25, 0.3) is 0 Å². The molecule has 2 atom stereocenters. The van der Waals surface area contributed by atoms with E-state index >= 15 is 0 Å². The number of benzene rings is 1. The number of hydrogen-bond donors (Lipinski definition) is 2. The first kappa shape index (κ1) is 17.9. The summed E-state index contributed by atoms with van der Waals surface area (Å²) in [6.45, 7) is 0. The number of Topliss-reactive ketones (excluding diaryl/α,β-unsaturated/α-hetero) is 1. The van der Waals surface area contributed by atoms with Crippen LogP contribution < -0.4 is 5.73 Å². The topological polar surface area (TPSA) is 63.3 Å². The lowest BCUT2D eigenvalue weighted by Gasteiger charge is -2.34. The zero-order valence-electron chi connectivity index (χ0n) is 10.8. The van der Waals surface area contributed by atoms with Crippen molar-refractivity contribution in [1.82, 2.24) is 0 Å². The van der Waals surface area contributed by atoms with E-state index in [1.807, 2.05) is 0 Å². The fraction of sp³-hybridized carbons (Fsp3) is 0.462. The second-order valence-electron chi connectivity index (χ2n) is 4.94. The van der Waals surface area contributed by atoms with Crippen LogP contribution in [-0.4, -0.2) is 17.0 Å². The van der Waals surface area contributed by atoms with Crippen LogP contribution in [-0.2, 0) is 16.5 Å². The van der Waals surface area contributed by atoms with Gasteiger partial charge in [-0.1, -0.05) is 6.07 Å². The van der Waals surface area contributed by atoms with Crippen molar-refractivity contribution in [3.05, 3.63) is 35.1 Å². The smallest absolute Gasteiger partial charge is 0.385 e. The molecular formula is C13H14ClF4NO2. The van der Waals surface area contributed by atoms with E-state index in [1.54, 1.807) is 0 Å². The maximum absolute atomic E-state index is 13.5. The number of aliphatic hydroxyl groups is 1. The molecule has 1 aliphatic carbocycles. The summed E-state index contributed by atoms with van der Waals surface area (Å²) < 4.78 is 51.0. The summed E-state index contributed by atoms with van der Waals surface area (Å²) in [4.78, 5) is 11.9. The Kier molecular flexibility index (Phi) is 5.02. The van der Waals surface area contributed by atoms with E-state index in [1.165, 1.54) is 0 Å². The lowest BCUT2D eigenvalue weighted by atomic mass is 9.75. The van der Waals surface area contributed by atoms with Crippen molar-refractivity contribution in [2.24, 2.45) is 5.73 Å². The van der Waals surface area contributed by atoms with Crippen molar-refractivity contribution >= 4 is 18.2 Å². The van der Waals surface area contributed by atoms with Crippen LogP contribution in [0.1, 0.15) is 30.4 Å². The van der Waals surface area contributed by atoms with Crippen molar-refractivity contribution in [3.8, 4) is 0 Å². The highest BCUT2D eigenvalue weighted by atomic mass is 35.5. The van der Waals surface area contributed by atoms with Crippen molar-refractivity contribution in [1.29, 1.82) is 0 Å². The lowest BCUT2D eigenvalue weighted by molar-refractivity contribution is -0.140. The molecule has 2 rings (SSSR count). The number of alkyl halides is 3. The van der Waals surface area contributed by atoms with Gasteiger partial charge in [-0.3, -0.25) is 4.79 Å². The minimum Gasteiger partial charge on any atom is -0.385 e. The molecule has 0 amide bonds. The number of aliphatic hydroxyl groups excluding tert-OH is 1. The second-order valence-corrected chi connectivity index (χ2v) is 4.94. The number of carbonyl (C=O) groups excluding carboxylic acids is 1. The van der Waals surface area contributed by atoms with Gasteiger partial charge < -0.3 is 10.8 Å². The quantitative estimate of drug-likeness (QED) is 0.779. The standard InChI is InChI=1S/C13H13F4NO2.ClH/c14-9-6-7(3-4-8(9)13(15,16)17)12(18)5-1-2-10(19)11(12)20;/h3-4,6,10,19H,1-2,5,18H2;1H. The fourth-order valence-electron chi connectivity index (χ4n) is 2.43. The molecule has 1 saturated carbocycles. The highest BCUT2D eigenvalue weighted by molar-refractivity contribution is 5.93. The zero-order chi connectivity index (χ0) is 15.1. The minimum atomic E-state index is -4.81. The Morgan fingerprint density at radius 1 is 1.33 bits per heavy atom. The zero-order valence-corrected chi connectivity index (χ0v) is 11.6. The normalized spacial score (nSPS) is 26.4. The molecule has 1 fully saturated rings. The van der Waals surface area contributed by atoms with Crippen LogP contribution in [0.2, 0.25) is 0 Å². The van der Waals surface area contributed by atoms with Crippen LogP contribution in [0.4, 0.5) is 17.6 Å². The Labute approximate surface area is 124 Å². The fourth-order valence-corrected chi connectivity index (χ4v) is 2.43. The Balaban J connectivity index is 0.00000220. The Morgan fingerprint density at radius 3 is 2.48 bits per heavy atom. The first-order valence-electron chi connectivity index (χ1n) is 6.05. The average Bonchev–Trinajstić information content (AvgIpc) is 2.34. The van der Waals surface area contributed by atoms with Crippen LogP contribution in [0.5, 0.6) is 0 Å². The molecule has 3 N–H and O–H groups in total. The third-order valence-electron chi connectivity index (χ3n) is 3.58. The van der Waals surface area contributed by atoms with Gasteiger partial charge >= 0.3 is 6.18 Å². The number of carbonyl (C=O) groups is 1. The van der Waals surface area contributed by atoms with Crippen LogP contribution in [0, 0.1) is 5.82 Å². The van der Waals surface area contributed by atoms with E-state index in [0.29, 0.717) is 18.6 Å². The molecule has 21 heavy (non-hydrogen) atoms. The summed E-state index contributed by atoms with van der Waals surface area (Å²) in [7, 11) is 0. The second kappa shape index (κ2) is 5.90. The summed E-state index contributed by atoms with van der Waals surface area (Å²) in [5.74, 6) is -2.17. The molecule has 1 aliphatic rings. The van der Waals surface area contributed by atoms with Gasteiger partial charge in [0.15, 0.2) is 5.78 Å². The van der Waals surface area contributed by atoms with Crippen molar-refractivity contribution in [2.75, 3.05) is 0 Å². The first-order valence-corrected chi connectivity index (χ1v) is 6.05. The predicted octanol–water partition coefficient (Wildman–Crippen LogP) is 2.53. The van der Waals surface area contributed by atoms with Gasteiger partial charge in [-0.15, -0.1) is 12.4 Å². The van der Waals surface area contributed by atoms with E-state index < -0.39 is 35.0 Å². The Bertz CT molecular complexity index is 549. The molecule has 1 aromatic carbocycles. The van der Waals surface area contributed by atoms with Gasteiger partial charge in [0.1, 0.15) is 17.5 Å². The van der Waals surface area contributed by atoms with Gasteiger partial charge in [-0.2, -0.15) is 13.2 Å². The molecule has 0 bridgehead atoms. The molecule has 1 aromatic rings. The van der Waals surface area contributed by atoms with E-state index in [-0.39, 0.29) is 30.8 Å². The van der Waals surface area contributed by atoms with Crippen LogP contribution in [0.15, 0.2) is 18.2 Å². The van der Waals surface area contributed by atoms with Gasteiger partial charge in [0, 0.05) is 0 Å². The molecule has 3 nitrogen and oxygen atoms in total. The van der Waals surface area contributed by atoms with E-state index in [4.69, 9.17) is 5.73 Å². The summed E-state index contributed by atoms with van der Waals surface area (Å²) in [5, 5.41) is 9.52. The van der Waals surface area contributed by atoms with E-state index in [0.717, 1.165) is 6.07 Å². The number of nitrogens with two attached hydrogens (primary N) is 1. The largest absolute Gasteiger partial charge is 0.419 e. The number of ketones is 1. The Morgan fingerprint density at radius 2 is 1.95 bits per heavy atom. The molecule has 2 unspecified atom stereocenters. The molecule has 0 aliphatic heterocycles. The van der Waals surface area contributed by atoms with Crippen LogP contribution >= 0.6 is 12.4 Å². The third-order valence-corrected chi connectivity index (χ3v) is 3.58. The molecule has 0 saturated heterocycles. The highest BCUT2D eigenvalue weighted by Gasteiger charge is 2.43. The Hall–Kier alpha value is -1.18. The van der Waals surface area contributed by atoms with Crippen LogP contribution in [0.3, 0.4) is 0 Å². The van der Waals surface area contributed by atoms with E-state index in [2.05, 4.69) is 0 Å². The maximum atomic E-state index is 13.5. The summed E-state index contributed by atoms with van der Waals surface area (Å²) in [6, 6.07) is 2.17. The van der Waals surface area contributed by atoms with Gasteiger partial charge in [-0.05, 0) is 37.0 Å². The highest BCUT2D eigenvalue weighted by Crippen LogP contribution is 2.36. The maximum Gasteiger partial charge on any atom is 0.419 e. The first-order chi connectivity index (χ1) is 9.16. The molecule has 0 radical (unpaired) electrons. The number of hydrogen-bond acceptors (Lipinski definition) is 3. The number of halogens is 5. The summed E-state index contributed by atoms with van der Waals surface area (Å²) in [6.07, 6.45) is -5.22. The molecule has 0 aromatic heterocycles. The molecular weight excluding hydrogens is 314 g/mol. The summed E-state index contributed by atoms with van der Waals surface area (Å²) in [5.41, 5.74) is 2.79. The van der Waals surface area contributed by atoms with Crippen molar-refractivity contribution in [3.63, 3.8) is 0 Å².